The number of hydrogen-bond donors (Lipinski definition) is 1. The number of non-ortho nitro benzene ring substituents is 1. The Kier molecular flexibility index (Phi) is 7.49. The van der Waals surface area contributed by atoms with Crippen molar-refractivity contribution in [2.45, 2.75) is 57.1 Å². The summed E-state index contributed by atoms with van der Waals surface area (Å²) in [5.74, 6) is 1.44. The molecule has 1 aliphatic carbocycles. The standard InChI is InChI=1S/C19H24ClN5O3S/c1-2-24-17(10-13-6-4-3-5-7-13)22-23-19(24)29-12-18(26)21-16-11-14(25(27)28)8-9-15(16)20/h8-9,11,13H,2-7,10,12H2,1H3,(H,21,26). The summed E-state index contributed by atoms with van der Waals surface area (Å²) in [6.45, 7) is 2.79. The number of amides is 1. The number of nitro groups is 1. The normalized spacial score (nSPS) is 14.7. The van der Waals surface area contributed by atoms with Crippen LogP contribution in [0.15, 0.2) is 23.4 Å². The Bertz CT molecular complexity index is 883. The third-order valence-corrected chi connectivity index (χ3v) is 6.37. The maximum absolute atomic E-state index is 12.3. The van der Waals surface area contributed by atoms with Gasteiger partial charge in [-0.3, -0.25) is 14.9 Å². The average Bonchev–Trinajstić information content (AvgIpc) is 3.10. The number of halogens is 1. The highest BCUT2D eigenvalue weighted by atomic mass is 35.5. The molecule has 1 aliphatic rings. The topological polar surface area (TPSA) is 103 Å². The van der Waals surface area contributed by atoms with E-state index in [-0.39, 0.29) is 28.1 Å². The van der Waals surface area contributed by atoms with Gasteiger partial charge in [0.25, 0.3) is 5.69 Å². The van der Waals surface area contributed by atoms with Crippen molar-refractivity contribution in [3.63, 3.8) is 0 Å². The highest BCUT2D eigenvalue weighted by molar-refractivity contribution is 7.99. The predicted octanol–water partition coefficient (Wildman–Crippen LogP) is 4.71. The number of carbonyl (C=O) groups excluding carboxylic acids is 1. The van der Waals surface area contributed by atoms with E-state index in [1.807, 2.05) is 6.92 Å². The second-order valence-electron chi connectivity index (χ2n) is 7.11. The van der Waals surface area contributed by atoms with Crippen LogP contribution in [0.5, 0.6) is 0 Å². The van der Waals surface area contributed by atoms with E-state index >= 15 is 0 Å². The molecule has 0 spiro atoms. The Labute approximate surface area is 178 Å². The summed E-state index contributed by atoms with van der Waals surface area (Å²) in [6, 6.07) is 3.94. The molecule has 1 fully saturated rings. The molecule has 0 radical (unpaired) electrons. The van der Waals surface area contributed by atoms with Gasteiger partial charge in [0.05, 0.1) is 21.4 Å². The maximum atomic E-state index is 12.3. The van der Waals surface area contributed by atoms with Crippen molar-refractivity contribution in [1.82, 2.24) is 14.8 Å². The number of rotatable bonds is 8. The van der Waals surface area contributed by atoms with Crippen LogP contribution < -0.4 is 5.32 Å². The number of aromatic nitrogens is 3. The Morgan fingerprint density at radius 3 is 2.79 bits per heavy atom. The molecule has 1 aromatic carbocycles. The van der Waals surface area contributed by atoms with E-state index in [4.69, 9.17) is 11.6 Å². The molecule has 156 valence electrons. The molecular formula is C19H24ClN5O3S. The molecule has 2 aromatic rings. The van der Waals surface area contributed by atoms with Gasteiger partial charge >= 0.3 is 0 Å². The number of nitro benzene ring substituents is 1. The van der Waals surface area contributed by atoms with Crippen molar-refractivity contribution < 1.29 is 9.72 Å². The molecular weight excluding hydrogens is 414 g/mol. The minimum atomic E-state index is -0.529. The lowest BCUT2D eigenvalue weighted by Crippen LogP contribution is -2.16. The van der Waals surface area contributed by atoms with Gasteiger partial charge in [-0.05, 0) is 18.9 Å². The van der Waals surface area contributed by atoms with Crippen molar-refractivity contribution in [2.75, 3.05) is 11.1 Å². The van der Waals surface area contributed by atoms with E-state index in [1.165, 1.54) is 62.1 Å². The first kappa shape index (κ1) is 21.6. The lowest BCUT2D eigenvalue weighted by molar-refractivity contribution is -0.384. The molecule has 0 saturated heterocycles. The third-order valence-electron chi connectivity index (χ3n) is 5.07. The lowest BCUT2D eigenvalue weighted by atomic mass is 9.87. The first-order valence-electron chi connectivity index (χ1n) is 9.76. The van der Waals surface area contributed by atoms with Crippen molar-refractivity contribution in [1.29, 1.82) is 0 Å². The van der Waals surface area contributed by atoms with Crippen LogP contribution in [-0.4, -0.2) is 31.3 Å². The molecule has 0 atom stereocenters. The Morgan fingerprint density at radius 1 is 1.34 bits per heavy atom. The molecule has 1 saturated carbocycles. The fraction of sp³-hybridized carbons (Fsp3) is 0.526. The number of hydrogen-bond acceptors (Lipinski definition) is 6. The molecule has 1 N–H and O–H groups in total. The van der Waals surface area contributed by atoms with Gasteiger partial charge in [0.15, 0.2) is 5.16 Å². The SMILES string of the molecule is CCn1c(CC2CCCCC2)nnc1SCC(=O)Nc1cc([N+](=O)[O-])ccc1Cl. The summed E-state index contributed by atoms with van der Waals surface area (Å²) in [5, 5.41) is 23.1. The second-order valence-corrected chi connectivity index (χ2v) is 8.46. The van der Waals surface area contributed by atoms with Crippen LogP contribution in [0.1, 0.15) is 44.9 Å². The molecule has 1 heterocycles. The molecule has 0 unspecified atom stereocenters. The third kappa shape index (κ3) is 5.70. The van der Waals surface area contributed by atoms with Gasteiger partial charge in [-0.1, -0.05) is 55.5 Å². The molecule has 1 amide bonds. The summed E-state index contributed by atoms with van der Waals surface area (Å²) in [7, 11) is 0. The predicted molar refractivity (Wildman–Crippen MR) is 113 cm³/mol. The molecule has 1 aromatic heterocycles. The molecule has 0 aliphatic heterocycles. The quantitative estimate of drug-likeness (QED) is 0.364. The molecule has 0 bridgehead atoms. The number of anilines is 1. The highest BCUT2D eigenvalue weighted by Crippen LogP contribution is 2.29. The van der Waals surface area contributed by atoms with E-state index in [9.17, 15) is 14.9 Å². The molecule has 8 nitrogen and oxygen atoms in total. The molecule has 10 heteroatoms. The summed E-state index contributed by atoms with van der Waals surface area (Å²) < 4.78 is 2.06. The van der Waals surface area contributed by atoms with Crippen molar-refractivity contribution in [2.24, 2.45) is 5.92 Å². The zero-order chi connectivity index (χ0) is 20.8. The van der Waals surface area contributed by atoms with E-state index < -0.39 is 4.92 Å². The largest absolute Gasteiger partial charge is 0.324 e. The fourth-order valence-corrected chi connectivity index (χ4v) is 4.57. The van der Waals surface area contributed by atoms with Gasteiger partial charge in [0, 0.05) is 25.1 Å². The number of benzene rings is 1. The number of nitrogens with one attached hydrogen (secondary N) is 1. The van der Waals surface area contributed by atoms with E-state index in [1.54, 1.807) is 0 Å². The van der Waals surface area contributed by atoms with Crippen molar-refractivity contribution in [3.05, 3.63) is 39.2 Å². The fourth-order valence-electron chi connectivity index (χ4n) is 3.58. The van der Waals surface area contributed by atoms with Crippen LogP contribution in [0.4, 0.5) is 11.4 Å². The van der Waals surface area contributed by atoms with Crippen LogP contribution in [0.2, 0.25) is 5.02 Å². The van der Waals surface area contributed by atoms with Crippen LogP contribution in [0.3, 0.4) is 0 Å². The minimum Gasteiger partial charge on any atom is -0.324 e. The van der Waals surface area contributed by atoms with Gasteiger partial charge in [-0.2, -0.15) is 0 Å². The lowest BCUT2D eigenvalue weighted by Gasteiger charge is -2.21. The van der Waals surface area contributed by atoms with E-state index in [0.717, 1.165) is 18.8 Å². The van der Waals surface area contributed by atoms with Crippen molar-refractivity contribution >= 4 is 40.6 Å². The summed E-state index contributed by atoms with van der Waals surface area (Å²) >= 11 is 7.33. The van der Waals surface area contributed by atoms with Gasteiger partial charge in [0.1, 0.15) is 5.82 Å². The van der Waals surface area contributed by atoms with Gasteiger partial charge < -0.3 is 9.88 Å². The number of nitrogens with zero attached hydrogens (tertiary/aromatic N) is 4. The number of thioether (sulfide) groups is 1. The minimum absolute atomic E-state index is 0.112. The maximum Gasteiger partial charge on any atom is 0.271 e. The van der Waals surface area contributed by atoms with Crippen LogP contribution in [-0.2, 0) is 17.8 Å². The van der Waals surface area contributed by atoms with Crippen LogP contribution in [0, 0.1) is 16.0 Å². The Hall–Kier alpha value is -2.13. The van der Waals surface area contributed by atoms with Gasteiger partial charge in [-0.25, -0.2) is 0 Å². The highest BCUT2D eigenvalue weighted by Gasteiger charge is 2.20. The zero-order valence-electron chi connectivity index (χ0n) is 16.3. The van der Waals surface area contributed by atoms with Crippen LogP contribution in [0.25, 0.3) is 0 Å². The van der Waals surface area contributed by atoms with Crippen LogP contribution >= 0.6 is 23.4 Å². The van der Waals surface area contributed by atoms with E-state index in [2.05, 4.69) is 20.1 Å². The van der Waals surface area contributed by atoms with E-state index in [0.29, 0.717) is 11.1 Å². The second kappa shape index (κ2) is 10.1. The smallest absolute Gasteiger partial charge is 0.271 e. The number of carbonyl (C=O) groups is 1. The Balaban J connectivity index is 1.60. The van der Waals surface area contributed by atoms with Gasteiger partial charge in [-0.15, -0.1) is 10.2 Å². The molecule has 29 heavy (non-hydrogen) atoms. The zero-order valence-corrected chi connectivity index (χ0v) is 17.8. The van der Waals surface area contributed by atoms with Gasteiger partial charge in [0.2, 0.25) is 5.91 Å². The average molecular weight is 438 g/mol. The Morgan fingerprint density at radius 2 is 2.10 bits per heavy atom. The monoisotopic (exact) mass is 437 g/mol. The molecule has 3 rings (SSSR count). The first-order valence-corrected chi connectivity index (χ1v) is 11.1. The summed E-state index contributed by atoms with van der Waals surface area (Å²) in [5.41, 5.74) is 0.0943. The van der Waals surface area contributed by atoms with Crippen molar-refractivity contribution in [3.8, 4) is 0 Å². The first-order chi connectivity index (χ1) is 14.0. The summed E-state index contributed by atoms with van der Waals surface area (Å²) in [4.78, 5) is 22.7. The summed E-state index contributed by atoms with van der Waals surface area (Å²) in [6.07, 6.45) is 7.30.